The van der Waals surface area contributed by atoms with Gasteiger partial charge in [0.2, 0.25) is 0 Å². The van der Waals surface area contributed by atoms with Crippen molar-refractivity contribution in [2.24, 2.45) is 0 Å². The van der Waals surface area contributed by atoms with Gasteiger partial charge in [0.15, 0.2) is 0 Å². The Balaban J connectivity index is 1.70. The molecule has 0 saturated carbocycles. The van der Waals surface area contributed by atoms with Crippen LogP contribution in [0.1, 0.15) is 21.7 Å². The zero-order chi connectivity index (χ0) is 18.5. The van der Waals surface area contributed by atoms with E-state index in [1.165, 1.54) is 11.3 Å². The lowest BCUT2D eigenvalue weighted by atomic mass is 10.1. The number of ether oxygens (including phenoxy) is 2. The largest absolute Gasteiger partial charge is 0.480 e. The fourth-order valence-electron chi connectivity index (χ4n) is 2.94. The lowest BCUT2D eigenvalue weighted by molar-refractivity contribution is -0.147. The standard InChI is InChI=1S/C19H21NO5S/c1-12-9-16(26-18(12)13-5-3-2-4-6-13)19(23)20-14-10-24-8-7-15(14)25-11-17(21)22/h2-6,9,14-15H,7-8,10-11H2,1H3,(H,20,23)(H,21,22)/t14-,15+/m1/s1. The summed E-state index contributed by atoms with van der Waals surface area (Å²) in [6, 6.07) is 11.4. The average Bonchev–Trinajstić information content (AvgIpc) is 3.03. The number of aryl methyl sites for hydroxylation is 1. The molecule has 2 aromatic rings. The molecular formula is C19H21NO5S. The van der Waals surface area contributed by atoms with E-state index in [4.69, 9.17) is 14.6 Å². The molecule has 0 radical (unpaired) electrons. The molecule has 6 nitrogen and oxygen atoms in total. The molecule has 3 rings (SSSR count). The van der Waals surface area contributed by atoms with Crippen molar-refractivity contribution in [3.8, 4) is 10.4 Å². The molecule has 0 bridgehead atoms. The summed E-state index contributed by atoms with van der Waals surface area (Å²) >= 11 is 1.44. The first kappa shape index (κ1) is 18.6. The quantitative estimate of drug-likeness (QED) is 0.811. The summed E-state index contributed by atoms with van der Waals surface area (Å²) < 4.78 is 10.8. The molecule has 2 heterocycles. The maximum atomic E-state index is 12.7. The molecule has 0 spiro atoms. The Morgan fingerprint density at radius 2 is 2.12 bits per heavy atom. The van der Waals surface area contributed by atoms with Crippen LogP contribution < -0.4 is 5.32 Å². The Kier molecular flexibility index (Phi) is 6.03. The maximum Gasteiger partial charge on any atom is 0.329 e. The molecule has 1 aliphatic heterocycles. The minimum Gasteiger partial charge on any atom is -0.480 e. The summed E-state index contributed by atoms with van der Waals surface area (Å²) in [6.07, 6.45) is 0.190. The summed E-state index contributed by atoms with van der Waals surface area (Å²) in [5.74, 6) is -1.22. The molecule has 1 aliphatic rings. The minimum atomic E-state index is -1.03. The van der Waals surface area contributed by atoms with E-state index in [1.54, 1.807) is 0 Å². The lowest BCUT2D eigenvalue weighted by Crippen LogP contribution is -2.50. The van der Waals surface area contributed by atoms with Crippen molar-refractivity contribution in [3.05, 3.63) is 46.8 Å². The number of carbonyl (C=O) groups is 2. The second kappa shape index (κ2) is 8.44. The van der Waals surface area contributed by atoms with Crippen molar-refractivity contribution in [1.29, 1.82) is 0 Å². The Labute approximate surface area is 155 Å². The van der Waals surface area contributed by atoms with E-state index in [1.807, 2.05) is 43.3 Å². The van der Waals surface area contributed by atoms with Crippen LogP contribution in [0.4, 0.5) is 0 Å². The van der Waals surface area contributed by atoms with Gasteiger partial charge in [-0.2, -0.15) is 0 Å². The van der Waals surface area contributed by atoms with Gasteiger partial charge in [0, 0.05) is 11.5 Å². The second-order valence-electron chi connectivity index (χ2n) is 6.18. The third-order valence-electron chi connectivity index (χ3n) is 4.21. The molecule has 0 unspecified atom stereocenters. The Morgan fingerprint density at radius 3 is 2.85 bits per heavy atom. The normalized spacial score (nSPS) is 19.9. The number of rotatable bonds is 6. The number of nitrogens with one attached hydrogen (secondary N) is 1. The number of hydrogen-bond donors (Lipinski definition) is 2. The van der Waals surface area contributed by atoms with Gasteiger partial charge in [-0.25, -0.2) is 4.79 Å². The molecule has 138 valence electrons. The smallest absolute Gasteiger partial charge is 0.329 e. The van der Waals surface area contributed by atoms with Gasteiger partial charge in [0.05, 0.1) is 23.6 Å². The molecule has 7 heteroatoms. The van der Waals surface area contributed by atoms with E-state index < -0.39 is 5.97 Å². The summed E-state index contributed by atoms with van der Waals surface area (Å²) in [7, 11) is 0. The lowest BCUT2D eigenvalue weighted by Gasteiger charge is -2.31. The predicted molar refractivity (Wildman–Crippen MR) is 98.6 cm³/mol. The minimum absolute atomic E-state index is 0.195. The highest BCUT2D eigenvalue weighted by Gasteiger charge is 2.29. The van der Waals surface area contributed by atoms with Crippen LogP contribution in [0.15, 0.2) is 36.4 Å². The molecule has 26 heavy (non-hydrogen) atoms. The number of carbonyl (C=O) groups excluding carboxylic acids is 1. The summed E-state index contributed by atoms with van der Waals surface area (Å²) in [4.78, 5) is 25.1. The molecule has 2 N–H and O–H groups in total. The SMILES string of the molecule is Cc1cc(C(=O)N[C@@H]2COCC[C@@H]2OCC(=O)O)sc1-c1ccccc1. The van der Waals surface area contributed by atoms with Crippen LogP contribution in [0, 0.1) is 6.92 Å². The maximum absolute atomic E-state index is 12.7. The van der Waals surface area contributed by atoms with Crippen molar-refractivity contribution in [1.82, 2.24) is 5.32 Å². The van der Waals surface area contributed by atoms with E-state index in [2.05, 4.69) is 5.32 Å². The van der Waals surface area contributed by atoms with Gasteiger partial charge in [-0.3, -0.25) is 4.79 Å². The summed E-state index contributed by atoms with van der Waals surface area (Å²) in [5, 5.41) is 11.7. The van der Waals surface area contributed by atoms with Crippen LogP contribution in [0.25, 0.3) is 10.4 Å². The van der Waals surface area contributed by atoms with Crippen LogP contribution in [-0.2, 0) is 14.3 Å². The highest BCUT2D eigenvalue weighted by molar-refractivity contribution is 7.17. The van der Waals surface area contributed by atoms with E-state index in [0.717, 1.165) is 16.0 Å². The van der Waals surface area contributed by atoms with E-state index in [0.29, 0.717) is 24.5 Å². The fraction of sp³-hybridized carbons (Fsp3) is 0.368. The Morgan fingerprint density at radius 1 is 1.35 bits per heavy atom. The molecule has 1 fully saturated rings. The first-order chi connectivity index (χ1) is 12.5. The fourth-order valence-corrected chi connectivity index (χ4v) is 4.02. The zero-order valence-corrected chi connectivity index (χ0v) is 15.3. The van der Waals surface area contributed by atoms with Crippen molar-refractivity contribution in [2.75, 3.05) is 19.8 Å². The Bertz CT molecular complexity index is 773. The first-order valence-corrected chi connectivity index (χ1v) is 9.24. The van der Waals surface area contributed by atoms with Gasteiger partial charge in [0.1, 0.15) is 6.61 Å². The van der Waals surface area contributed by atoms with Gasteiger partial charge in [-0.15, -0.1) is 11.3 Å². The predicted octanol–water partition coefficient (Wildman–Crippen LogP) is 2.71. The van der Waals surface area contributed by atoms with Gasteiger partial charge in [0.25, 0.3) is 5.91 Å². The summed E-state index contributed by atoms with van der Waals surface area (Å²) in [5.41, 5.74) is 2.13. The number of hydrogen-bond acceptors (Lipinski definition) is 5. The number of aliphatic carboxylic acids is 1. The zero-order valence-electron chi connectivity index (χ0n) is 14.4. The number of carboxylic acid groups (broad SMARTS) is 1. The average molecular weight is 375 g/mol. The van der Waals surface area contributed by atoms with Crippen LogP contribution in [0.3, 0.4) is 0 Å². The van der Waals surface area contributed by atoms with Crippen molar-refractivity contribution in [3.63, 3.8) is 0 Å². The van der Waals surface area contributed by atoms with Crippen LogP contribution in [-0.4, -0.2) is 48.9 Å². The van der Waals surface area contributed by atoms with Gasteiger partial charge in [-0.05, 0) is 30.5 Å². The Hall–Kier alpha value is -2.22. The van der Waals surface area contributed by atoms with Gasteiger partial charge < -0.3 is 19.9 Å². The van der Waals surface area contributed by atoms with Gasteiger partial charge in [-0.1, -0.05) is 30.3 Å². The number of amides is 1. The number of benzene rings is 1. The van der Waals surface area contributed by atoms with E-state index in [-0.39, 0.29) is 24.7 Å². The van der Waals surface area contributed by atoms with E-state index >= 15 is 0 Å². The van der Waals surface area contributed by atoms with Crippen LogP contribution in [0.5, 0.6) is 0 Å². The van der Waals surface area contributed by atoms with Crippen molar-refractivity contribution < 1.29 is 24.2 Å². The number of thiophene rings is 1. The first-order valence-electron chi connectivity index (χ1n) is 8.42. The number of carboxylic acids is 1. The molecule has 0 aliphatic carbocycles. The second-order valence-corrected chi connectivity index (χ2v) is 7.23. The van der Waals surface area contributed by atoms with E-state index in [9.17, 15) is 9.59 Å². The highest BCUT2D eigenvalue weighted by atomic mass is 32.1. The van der Waals surface area contributed by atoms with Crippen LogP contribution >= 0.6 is 11.3 Å². The third kappa shape index (κ3) is 4.49. The molecule has 1 aromatic carbocycles. The molecule has 1 aromatic heterocycles. The molecular weight excluding hydrogens is 354 g/mol. The van der Waals surface area contributed by atoms with Crippen LogP contribution in [0.2, 0.25) is 0 Å². The monoisotopic (exact) mass is 375 g/mol. The van der Waals surface area contributed by atoms with Crippen molar-refractivity contribution in [2.45, 2.75) is 25.5 Å². The summed E-state index contributed by atoms with van der Waals surface area (Å²) in [6.45, 7) is 2.41. The molecule has 1 saturated heterocycles. The molecule has 2 atom stereocenters. The third-order valence-corrected chi connectivity index (χ3v) is 5.49. The van der Waals surface area contributed by atoms with Gasteiger partial charge >= 0.3 is 5.97 Å². The highest BCUT2D eigenvalue weighted by Crippen LogP contribution is 2.32. The molecule has 1 amide bonds. The van der Waals surface area contributed by atoms with Crippen molar-refractivity contribution >= 4 is 23.2 Å². The topological polar surface area (TPSA) is 84.9 Å².